The van der Waals surface area contributed by atoms with E-state index in [1.54, 1.807) is 0 Å². The Bertz CT molecular complexity index is 263. The van der Waals surface area contributed by atoms with E-state index >= 15 is 0 Å². The van der Waals surface area contributed by atoms with E-state index in [0.29, 0.717) is 18.6 Å². The number of carbonyl (C=O) groups is 1. The first-order valence-electron chi connectivity index (χ1n) is 7.09. The van der Waals surface area contributed by atoms with E-state index in [2.05, 4.69) is 4.90 Å². The summed E-state index contributed by atoms with van der Waals surface area (Å²) in [6.45, 7) is 6.93. The summed E-state index contributed by atoms with van der Waals surface area (Å²) in [6.07, 6.45) is 6.47. The molecule has 0 amide bonds. The predicted octanol–water partition coefficient (Wildman–Crippen LogP) is 2.45. The van der Waals surface area contributed by atoms with Crippen LogP contribution in [0.4, 0.5) is 0 Å². The van der Waals surface area contributed by atoms with Crippen LogP contribution in [0.25, 0.3) is 0 Å². The van der Waals surface area contributed by atoms with Crippen molar-refractivity contribution in [1.29, 1.82) is 0 Å². The molecule has 0 radical (unpaired) electrons. The molecular formula is C14H25NO2. The van der Waals surface area contributed by atoms with Crippen LogP contribution in [0.1, 0.15) is 46.0 Å². The minimum Gasteiger partial charge on any atom is -0.465 e. The zero-order valence-electron chi connectivity index (χ0n) is 11.2. The molecule has 17 heavy (non-hydrogen) atoms. The van der Waals surface area contributed by atoms with Crippen molar-refractivity contribution in [2.45, 2.75) is 52.0 Å². The first-order valence-corrected chi connectivity index (χ1v) is 7.09. The molecule has 2 aliphatic heterocycles. The standard InChI is InChI=1S/C14H25NO2/c1-11(2)14(16)17-10-12-6-5-9-15-8-4-3-7-13(12)15/h11-13H,3-10H2,1-2H3/t12-,13+/m1/s1. The molecule has 2 fully saturated rings. The molecular weight excluding hydrogens is 214 g/mol. The molecule has 0 aromatic rings. The number of nitrogens with zero attached hydrogens (tertiary/aromatic N) is 1. The molecule has 0 bridgehead atoms. The van der Waals surface area contributed by atoms with Crippen molar-refractivity contribution in [2.75, 3.05) is 19.7 Å². The average Bonchev–Trinajstić information content (AvgIpc) is 2.35. The van der Waals surface area contributed by atoms with Crippen molar-refractivity contribution in [2.24, 2.45) is 11.8 Å². The minimum atomic E-state index is -0.0436. The molecule has 2 heterocycles. The maximum atomic E-state index is 11.5. The van der Waals surface area contributed by atoms with Gasteiger partial charge in [0, 0.05) is 12.0 Å². The molecule has 0 unspecified atom stereocenters. The number of esters is 1. The van der Waals surface area contributed by atoms with Crippen LogP contribution in [0.5, 0.6) is 0 Å². The van der Waals surface area contributed by atoms with Gasteiger partial charge in [0.2, 0.25) is 0 Å². The lowest BCUT2D eigenvalue weighted by Gasteiger charge is -2.44. The highest BCUT2D eigenvalue weighted by Gasteiger charge is 2.33. The van der Waals surface area contributed by atoms with Crippen LogP contribution < -0.4 is 0 Å². The van der Waals surface area contributed by atoms with Gasteiger partial charge >= 0.3 is 5.97 Å². The Labute approximate surface area is 105 Å². The number of hydrogen-bond acceptors (Lipinski definition) is 3. The summed E-state index contributed by atoms with van der Waals surface area (Å²) in [5.74, 6) is 0.533. The molecule has 2 rings (SSSR count). The van der Waals surface area contributed by atoms with Crippen LogP contribution >= 0.6 is 0 Å². The Morgan fingerprint density at radius 3 is 2.76 bits per heavy atom. The normalized spacial score (nSPS) is 30.1. The first kappa shape index (κ1) is 12.9. The van der Waals surface area contributed by atoms with Gasteiger partial charge in [0.05, 0.1) is 12.5 Å². The predicted molar refractivity (Wildman–Crippen MR) is 67.7 cm³/mol. The SMILES string of the molecule is CC(C)C(=O)OC[C@H]1CCCN2CCCC[C@@H]12. The van der Waals surface area contributed by atoms with E-state index in [1.165, 1.54) is 45.2 Å². The van der Waals surface area contributed by atoms with Gasteiger partial charge in [-0.15, -0.1) is 0 Å². The zero-order chi connectivity index (χ0) is 12.3. The van der Waals surface area contributed by atoms with Crippen molar-refractivity contribution in [3.05, 3.63) is 0 Å². The summed E-state index contributed by atoms with van der Waals surface area (Å²) in [5, 5.41) is 0. The molecule has 2 saturated heterocycles. The van der Waals surface area contributed by atoms with Gasteiger partial charge in [0.1, 0.15) is 0 Å². The highest BCUT2D eigenvalue weighted by atomic mass is 16.5. The highest BCUT2D eigenvalue weighted by molar-refractivity contribution is 5.71. The number of hydrogen-bond donors (Lipinski definition) is 0. The van der Waals surface area contributed by atoms with E-state index in [1.807, 2.05) is 13.8 Å². The molecule has 3 heteroatoms. The summed E-state index contributed by atoms with van der Waals surface area (Å²) in [4.78, 5) is 14.1. The van der Waals surface area contributed by atoms with Crippen LogP contribution in [-0.2, 0) is 9.53 Å². The Morgan fingerprint density at radius 1 is 1.24 bits per heavy atom. The Morgan fingerprint density at radius 2 is 2.00 bits per heavy atom. The molecule has 0 spiro atoms. The monoisotopic (exact) mass is 239 g/mol. The van der Waals surface area contributed by atoms with Crippen molar-refractivity contribution in [3.63, 3.8) is 0 Å². The van der Waals surface area contributed by atoms with Gasteiger partial charge in [-0.3, -0.25) is 9.69 Å². The molecule has 3 nitrogen and oxygen atoms in total. The van der Waals surface area contributed by atoms with E-state index < -0.39 is 0 Å². The van der Waals surface area contributed by atoms with E-state index in [0.717, 1.165) is 0 Å². The second-order valence-electron chi connectivity index (χ2n) is 5.79. The molecule has 0 aliphatic carbocycles. The van der Waals surface area contributed by atoms with Crippen molar-refractivity contribution >= 4 is 5.97 Å². The Balaban J connectivity index is 1.84. The van der Waals surface area contributed by atoms with Gasteiger partial charge in [-0.25, -0.2) is 0 Å². The van der Waals surface area contributed by atoms with Crippen molar-refractivity contribution in [1.82, 2.24) is 4.90 Å². The number of rotatable bonds is 3. The third-order valence-corrected chi connectivity index (χ3v) is 4.14. The summed E-state index contributed by atoms with van der Waals surface area (Å²) < 4.78 is 5.43. The highest BCUT2D eigenvalue weighted by Crippen LogP contribution is 2.31. The van der Waals surface area contributed by atoms with Gasteiger partial charge in [-0.2, -0.15) is 0 Å². The molecule has 0 N–H and O–H groups in total. The third kappa shape index (κ3) is 3.21. The Hall–Kier alpha value is -0.570. The lowest BCUT2D eigenvalue weighted by Crippen LogP contribution is -2.49. The average molecular weight is 239 g/mol. The van der Waals surface area contributed by atoms with Crippen LogP contribution in [-0.4, -0.2) is 36.6 Å². The van der Waals surface area contributed by atoms with E-state index in [9.17, 15) is 4.79 Å². The molecule has 0 saturated carbocycles. The maximum absolute atomic E-state index is 11.5. The van der Waals surface area contributed by atoms with Gasteiger partial charge in [-0.1, -0.05) is 20.3 Å². The summed E-state index contributed by atoms with van der Waals surface area (Å²) in [6, 6.07) is 0.678. The fourth-order valence-electron chi connectivity index (χ4n) is 3.13. The summed E-state index contributed by atoms with van der Waals surface area (Å²) in [7, 11) is 0. The lowest BCUT2D eigenvalue weighted by molar-refractivity contribution is -0.150. The molecule has 2 aliphatic rings. The largest absolute Gasteiger partial charge is 0.465 e. The number of piperidine rings is 2. The quantitative estimate of drug-likeness (QED) is 0.709. The maximum Gasteiger partial charge on any atom is 0.308 e. The summed E-state index contributed by atoms with van der Waals surface area (Å²) >= 11 is 0. The second-order valence-corrected chi connectivity index (χ2v) is 5.79. The van der Waals surface area contributed by atoms with Crippen molar-refractivity contribution in [3.8, 4) is 0 Å². The van der Waals surface area contributed by atoms with Crippen LogP contribution in [0.2, 0.25) is 0 Å². The third-order valence-electron chi connectivity index (χ3n) is 4.14. The smallest absolute Gasteiger partial charge is 0.308 e. The number of carbonyl (C=O) groups excluding carboxylic acids is 1. The van der Waals surface area contributed by atoms with E-state index in [4.69, 9.17) is 4.74 Å². The molecule has 98 valence electrons. The zero-order valence-corrected chi connectivity index (χ0v) is 11.2. The van der Waals surface area contributed by atoms with Gasteiger partial charge in [-0.05, 0) is 38.8 Å². The second kappa shape index (κ2) is 5.85. The van der Waals surface area contributed by atoms with E-state index in [-0.39, 0.29) is 11.9 Å². The molecule has 0 aromatic carbocycles. The fourth-order valence-corrected chi connectivity index (χ4v) is 3.13. The van der Waals surface area contributed by atoms with Gasteiger partial charge < -0.3 is 4.74 Å². The lowest BCUT2D eigenvalue weighted by atomic mass is 9.84. The topological polar surface area (TPSA) is 29.5 Å². The van der Waals surface area contributed by atoms with Gasteiger partial charge in [0.25, 0.3) is 0 Å². The molecule has 2 atom stereocenters. The van der Waals surface area contributed by atoms with Gasteiger partial charge in [0.15, 0.2) is 0 Å². The number of fused-ring (bicyclic) bond motifs is 1. The van der Waals surface area contributed by atoms with Crippen LogP contribution in [0, 0.1) is 11.8 Å². The van der Waals surface area contributed by atoms with Crippen molar-refractivity contribution < 1.29 is 9.53 Å². The molecule has 0 aromatic heterocycles. The first-order chi connectivity index (χ1) is 8.18. The fraction of sp³-hybridized carbons (Fsp3) is 0.929. The summed E-state index contributed by atoms with van der Waals surface area (Å²) in [5.41, 5.74) is 0. The number of ether oxygens (including phenoxy) is 1. The minimum absolute atomic E-state index is 0.000972. The van der Waals surface area contributed by atoms with Crippen LogP contribution in [0.3, 0.4) is 0 Å². The Kier molecular flexibility index (Phi) is 4.43. The van der Waals surface area contributed by atoms with Crippen LogP contribution in [0.15, 0.2) is 0 Å².